The first-order valence-corrected chi connectivity index (χ1v) is 14.8. The first-order chi connectivity index (χ1) is 16.7. The molecule has 5 aliphatic rings. The fraction of sp³-hybridized carbons (Fsp3) is 0.875. The molecule has 2 saturated carbocycles. The van der Waals surface area contributed by atoms with E-state index in [-0.39, 0.29) is 34.6 Å². The molecule has 4 heteroatoms. The molecule has 0 aromatic carbocycles. The van der Waals surface area contributed by atoms with Crippen molar-refractivity contribution in [2.45, 2.75) is 150 Å². The van der Waals surface area contributed by atoms with E-state index in [2.05, 4.69) is 39.8 Å². The van der Waals surface area contributed by atoms with Gasteiger partial charge in [0.1, 0.15) is 0 Å². The van der Waals surface area contributed by atoms with Crippen molar-refractivity contribution in [3.8, 4) is 0 Å². The zero-order valence-corrected chi connectivity index (χ0v) is 24.7. The van der Waals surface area contributed by atoms with Crippen LogP contribution in [0.15, 0.2) is 23.3 Å². The lowest BCUT2D eigenvalue weighted by atomic mass is 9.47. The molecule has 1 aliphatic heterocycles. The van der Waals surface area contributed by atoms with Gasteiger partial charge >= 0.3 is 0 Å². The Morgan fingerprint density at radius 1 is 0.944 bits per heavy atom. The smallest absolute Gasteiger partial charge is 0.0717 e. The van der Waals surface area contributed by atoms with Gasteiger partial charge in [-0.15, -0.1) is 0 Å². The van der Waals surface area contributed by atoms with Crippen molar-refractivity contribution in [1.82, 2.24) is 0 Å². The average molecular weight is 505 g/mol. The zero-order valence-electron chi connectivity index (χ0n) is 24.7. The van der Waals surface area contributed by atoms with Crippen LogP contribution in [-0.4, -0.2) is 44.8 Å². The Morgan fingerprint density at radius 2 is 1.58 bits per heavy atom. The molecule has 0 aromatic heterocycles. The van der Waals surface area contributed by atoms with E-state index in [9.17, 15) is 10.2 Å². The fourth-order valence-electron chi connectivity index (χ4n) is 8.70. The minimum Gasteiger partial charge on any atom is -0.393 e. The Hall–Kier alpha value is -0.680. The van der Waals surface area contributed by atoms with E-state index in [1.54, 1.807) is 20.8 Å². The lowest BCUT2D eigenvalue weighted by Gasteiger charge is -2.58. The number of hydrogen-bond acceptors (Lipinski definition) is 4. The first kappa shape index (κ1) is 29.9. The van der Waals surface area contributed by atoms with Crippen molar-refractivity contribution in [2.75, 3.05) is 0 Å². The fourth-order valence-corrected chi connectivity index (χ4v) is 8.70. The predicted octanol–water partition coefficient (Wildman–Crippen LogP) is 6.97. The summed E-state index contributed by atoms with van der Waals surface area (Å²) in [7, 11) is 0. The van der Waals surface area contributed by atoms with E-state index >= 15 is 0 Å². The van der Waals surface area contributed by atoms with Crippen LogP contribution in [0.5, 0.6) is 0 Å². The molecule has 0 amide bonds. The number of allylic oxidation sites excluding steroid dienone is 3. The van der Waals surface area contributed by atoms with Crippen molar-refractivity contribution in [3.05, 3.63) is 23.3 Å². The maximum atomic E-state index is 11.3. The molecule has 0 bridgehead atoms. The largest absolute Gasteiger partial charge is 0.393 e. The van der Waals surface area contributed by atoms with Gasteiger partial charge in [-0.1, -0.05) is 39.8 Å². The summed E-state index contributed by atoms with van der Waals surface area (Å²) in [5.74, 6) is 1.38. The van der Waals surface area contributed by atoms with Crippen LogP contribution in [0.25, 0.3) is 0 Å². The van der Waals surface area contributed by atoms with Crippen LogP contribution in [-0.2, 0) is 4.74 Å². The predicted molar refractivity (Wildman–Crippen MR) is 149 cm³/mol. The Kier molecular flexibility index (Phi) is 8.98. The highest BCUT2D eigenvalue weighted by atomic mass is 16.5. The van der Waals surface area contributed by atoms with E-state index in [0.29, 0.717) is 17.9 Å². The summed E-state index contributed by atoms with van der Waals surface area (Å²) in [6, 6.07) is 0. The van der Waals surface area contributed by atoms with Crippen molar-refractivity contribution < 1.29 is 20.1 Å². The Bertz CT molecular complexity index is 819. The molecule has 0 radical (unpaired) electrons. The van der Waals surface area contributed by atoms with Gasteiger partial charge in [0.25, 0.3) is 0 Å². The van der Waals surface area contributed by atoms with Crippen LogP contribution in [0, 0.1) is 28.6 Å². The molecule has 4 aliphatic carbocycles. The van der Waals surface area contributed by atoms with Gasteiger partial charge in [-0.2, -0.15) is 0 Å². The van der Waals surface area contributed by atoms with Gasteiger partial charge < -0.3 is 20.1 Å². The minimum atomic E-state index is -0.500. The molecule has 5 rings (SSSR count). The Labute approximate surface area is 221 Å². The summed E-state index contributed by atoms with van der Waals surface area (Å²) in [6.07, 6.45) is 14.0. The topological polar surface area (TPSA) is 69.9 Å². The molecule has 1 saturated heterocycles. The monoisotopic (exact) mass is 504 g/mol. The van der Waals surface area contributed by atoms with Gasteiger partial charge in [0.15, 0.2) is 0 Å². The molecule has 36 heavy (non-hydrogen) atoms. The molecule has 0 spiro atoms. The third-order valence-electron chi connectivity index (χ3n) is 9.98. The van der Waals surface area contributed by atoms with Gasteiger partial charge in [0.05, 0.1) is 29.5 Å². The van der Waals surface area contributed by atoms with Gasteiger partial charge in [-0.3, -0.25) is 0 Å². The molecule has 9 atom stereocenters. The third-order valence-corrected chi connectivity index (χ3v) is 9.98. The number of fused-ring (bicyclic) bond motifs is 5. The van der Waals surface area contributed by atoms with Crippen molar-refractivity contribution in [2.24, 2.45) is 28.6 Å². The lowest BCUT2D eigenvalue weighted by molar-refractivity contribution is -0.138. The summed E-state index contributed by atoms with van der Waals surface area (Å²) < 4.78 is 6.48. The number of aliphatic hydroxyl groups is 3. The van der Waals surface area contributed by atoms with E-state index in [0.717, 1.165) is 44.9 Å². The van der Waals surface area contributed by atoms with Gasteiger partial charge in [-0.25, -0.2) is 0 Å². The molecule has 208 valence electrons. The summed E-state index contributed by atoms with van der Waals surface area (Å²) in [5.41, 5.74) is 2.60. The molecular formula is C32H56O4. The quantitative estimate of drug-likeness (QED) is 0.361. The Morgan fingerprint density at radius 3 is 2.17 bits per heavy atom. The van der Waals surface area contributed by atoms with Gasteiger partial charge in [-0.05, 0) is 126 Å². The van der Waals surface area contributed by atoms with E-state index in [1.807, 2.05) is 13.8 Å². The van der Waals surface area contributed by atoms with E-state index < -0.39 is 5.60 Å². The van der Waals surface area contributed by atoms with Crippen LogP contribution in [0.3, 0.4) is 0 Å². The summed E-state index contributed by atoms with van der Waals surface area (Å²) in [6.45, 7) is 18.7. The summed E-state index contributed by atoms with van der Waals surface area (Å²) >= 11 is 0. The number of hydrogen-bond donors (Lipinski definition) is 3. The maximum absolute atomic E-state index is 11.3. The van der Waals surface area contributed by atoms with Crippen LogP contribution in [0.2, 0.25) is 0 Å². The van der Waals surface area contributed by atoms with Crippen LogP contribution >= 0.6 is 0 Å². The standard InChI is InChI=1S/C26H40O3.C4H10O.C2H6/c1-16-10-11-26(4,29-16)23-22(28)15-21-20-9-8-17-14-18(27)6-5-7-19(17)24(20,2)12-13-25(21,23)3;1-4(2,3)5;1-2/h7-8,16,18,20-23,27-28H,5-6,9-15H2,1-4H3;5H,1-3H3;1-2H3/t16-,18+,20?,21?,22?,23?,24?,25+,26-;;/m1../s1. The number of rotatable bonds is 1. The molecule has 5 unspecified atom stereocenters. The molecule has 4 nitrogen and oxygen atoms in total. The molecule has 3 fully saturated rings. The van der Waals surface area contributed by atoms with Gasteiger partial charge in [0, 0.05) is 5.92 Å². The highest BCUT2D eigenvalue weighted by Crippen LogP contribution is 2.69. The average Bonchev–Trinajstić information content (AvgIpc) is 3.16. The van der Waals surface area contributed by atoms with E-state index in [1.165, 1.54) is 24.0 Å². The minimum absolute atomic E-state index is 0.151. The SMILES string of the molecule is CC.CC(C)(C)O.C[C@@H]1CC[C@](C)(C2C(O)CC3C4CC=C5C[C@@H](O)CCC=C5C4(C)CC[C@@]32C)O1. The molecular weight excluding hydrogens is 448 g/mol. The van der Waals surface area contributed by atoms with Crippen molar-refractivity contribution in [3.63, 3.8) is 0 Å². The second-order valence-electron chi connectivity index (χ2n) is 13.9. The zero-order chi connectivity index (χ0) is 27.1. The van der Waals surface area contributed by atoms with Crippen molar-refractivity contribution >= 4 is 0 Å². The lowest BCUT2D eigenvalue weighted by Crippen LogP contribution is -2.53. The highest BCUT2D eigenvalue weighted by molar-refractivity contribution is 5.42. The van der Waals surface area contributed by atoms with Crippen LogP contribution in [0.4, 0.5) is 0 Å². The molecule has 3 N–H and O–H groups in total. The first-order valence-electron chi connectivity index (χ1n) is 14.8. The summed E-state index contributed by atoms with van der Waals surface area (Å²) in [4.78, 5) is 0. The number of ether oxygens (including phenoxy) is 1. The summed E-state index contributed by atoms with van der Waals surface area (Å²) in [5, 5.41) is 30.2. The van der Waals surface area contributed by atoms with Gasteiger partial charge in [0.2, 0.25) is 0 Å². The molecule has 1 heterocycles. The van der Waals surface area contributed by atoms with Crippen molar-refractivity contribution in [1.29, 1.82) is 0 Å². The second-order valence-corrected chi connectivity index (χ2v) is 13.9. The normalized spacial score (nSPS) is 45.9. The van der Waals surface area contributed by atoms with Crippen LogP contribution in [0.1, 0.15) is 120 Å². The maximum Gasteiger partial charge on any atom is 0.0717 e. The molecule has 0 aromatic rings. The highest BCUT2D eigenvalue weighted by Gasteiger charge is 2.65. The Balaban J connectivity index is 0.000000463. The van der Waals surface area contributed by atoms with E-state index in [4.69, 9.17) is 9.84 Å². The third kappa shape index (κ3) is 5.67. The van der Waals surface area contributed by atoms with Crippen LogP contribution < -0.4 is 0 Å². The second kappa shape index (κ2) is 10.8. The number of aliphatic hydroxyl groups excluding tert-OH is 2.